The van der Waals surface area contributed by atoms with Gasteiger partial charge >= 0.3 is 0 Å². The highest BCUT2D eigenvalue weighted by Gasteiger charge is 2.16. The maximum absolute atomic E-state index is 12.4. The minimum atomic E-state index is -0.155. The van der Waals surface area contributed by atoms with Crippen molar-refractivity contribution in [3.8, 4) is 0 Å². The van der Waals surface area contributed by atoms with E-state index >= 15 is 0 Å². The van der Waals surface area contributed by atoms with Gasteiger partial charge in [-0.2, -0.15) is 0 Å². The second-order valence-electron chi connectivity index (χ2n) is 5.68. The number of amides is 1. The highest BCUT2D eigenvalue weighted by atomic mass is 16.1. The molecule has 3 nitrogen and oxygen atoms in total. The maximum atomic E-state index is 12.4. The molecule has 1 amide bonds. The minimum Gasteiger partial charge on any atom is -0.345 e. The molecule has 0 spiro atoms. The van der Waals surface area contributed by atoms with Gasteiger partial charge in [-0.05, 0) is 35.2 Å². The van der Waals surface area contributed by atoms with E-state index in [2.05, 4.69) is 10.3 Å². The standard InChI is InChI=1S/C21H20N2O/c24-20(12-11-17-7-3-1-4-8-17)23-21(18-9-5-2-6-10-18)19-13-15-22-16-14-19/h1-10,13-16,21H,11-12H2,(H,23,24). The zero-order valence-electron chi connectivity index (χ0n) is 13.4. The zero-order chi connectivity index (χ0) is 16.6. The molecule has 3 heteroatoms. The average Bonchev–Trinajstić information content (AvgIpc) is 2.67. The van der Waals surface area contributed by atoms with Gasteiger partial charge in [-0.25, -0.2) is 0 Å². The van der Waals surface area contributed by atoms with Crippen LogP contribution in [0.5, 0.6) is 0 Å². The number of pyridine rings is 1. The Kier molecular flexibility index (Phi) is 5.36. The molecule has 1 aromatic heterocycles. The van der Waals surface area contributed by atoms with Crippen LogP contribution in [-0.4, -0.2) is 10.9 Å². The van der Waals surface area contributed by atoms with Gasteiger partial charge in [0.2, 0.25) is 5.91 Å². The van der Waals surface area contributed by atoms with E-state index in [0.717, 1.165) is 17.5 Å². The Balaban J connectivity index is 1.71. The number of nitrogens with one attached hydrogen (secondary N) is 1. The Morgan fingerprint density at radius 1 is 0.833 bits per heavy atom. The molecule has 1 heterocycles. The lowest BCUT2D eigenvalue weighted by Crippen LogP contribution is -2.29. The van der Waals surface area contributed by atoms with Gasteiger partial charge in [-0.1, -0.05) is 60.7 Å². The number of hydrogen-bond donors (Lipinski definition) is 1. The van der Waals surface area contributed by atoms with Gasteiger partial charge in [-0.3, -0.25) is 9.78 Å². The van der Waals surface area contributed by atoms with Crippen LogP contribution in [0.25, 0.3) is 0 Å². The fraction of sp³-hybridized carbons (Fsp3) is 0.143. The number of aromatic nitrogens is 1. The topological polar surface area (TPSA) is 42.0 Å². The molecule has 3 rings (SSSR count). The monoisotopic (exact) mass is 316 g/mol. The molecule has 2 aromatic carbocycles. The molecule has 0 radical (unpaired) electrons. The summed E-state index contributed by atoms with van der Waals surface area (Å²) in [6.07, 6.45) is 4.71. The lowest BCUT2D eigenvalue weighted by atomic mass is 9.99. The van der Waals surface area contributed by atoms with Crippen LogP contribution < -0.4 is 5.32 Å². The second kappa shape index (κ2) is 8.06. The summed E-state index contributed by atoms with van der Waals surface area (Å²) in [7, 11) is 0. The number of carbonyl (C=O) groups is 1. The largest absolute Gasteiger partial charge is 0.345 e. The average molecular weight is 316 g/mol. The lowest BCUT2D eigenvalue weighted by Gasteiger charge is -2.19. The van der Waals surface area contributed by atoms with Crippen molar-refractivity contribution in [2.45, 2.75) is 18.9 Å². The van der Waals surface area contributed by atoms with Gasteiger partial charge in [0.15, 0.2) is 0 Å². The molecule has 1 unspecified atom stereocenters. The van der Waals surface area contributed by atoms with Crippen LogP contribution in [0, 0.1) is 0 Å². The third-order valence-corrected chi connectivity index (χ3v) is 3.96. The first-order chi connectivity index (χ1) is 11.8. The van der Waals surface area contributed by atoms with Gasteiger partial charge < -0.3 is 5.32 Å². The summed E-state index contributed by atoms with van der Waals surface area (Å²) >= 11 is 0. The SMILES string of the molecule is O=C(CCc1ccccc1)NC(c1ccccc1)c1ccncc1. The molecule has 0 aliphatic rings. The fourth-order valence-electron chi connectivity index (χ4n) is 2.70. The summed E-state index contributed by atoms with van der Waals surface area (Å²) in [4.78, 5) is 16.5. The van der Waals surface area contributed by atoms with Gasteiger partial charge in [0.1, 0.15) is 0 Å². The van der Waals surface area contributed by atoms with E-state index in [9.17, 15) is 4.79 Å². The van der Waals surface area contributed by atoms with E-state index < -0.39 is 0 Å². The first kappa shape index (κ1) is 15.9. The van der Waals surface area contributed by atoms with E-state index in [1.807, 2.05) is 72.8 Å². The Labute approximate surface area is 142 Å². The molecule has 3 aromatic rings. The number of nitrogens with zero attached hydrogens (tertiary/aromatic N) is 1. The number of aryl methyl sites for hydroxylation is 1. The molecule has 0 aliphatic heterocycles. The maximum Gasteiger partial charge on any atom is 0.221 e. The summed E-state index contributed by atoms with van der Waals surface area (Å²) in [6.45, 7) is 0. The van der Waals surface area contributed by atoms with E-state index in [1.165, 1.54) is 5.56 Å². The van der Waals surface area contributed by atoms with Gasteiger partial charge in [0.05, 0.1) is 6.04 Å². The van der Waals surface area contributed by atoms with Crippen molar-refractivity contribution >= 4 is 5.91 Å². The molecule has 0 aliphatic carbocycles. The van der Waals surface area contributed by atoms with Crippen molar-refractivity contribution in [1.82, 2.24) is 10.3 Å². The highest BCUT2D eigenvalue weighted by molar-refractivity contribution is 5.77. The van der Waals surface area contributed by atoms with Crippen LogP contribution in [0.15, 0.2) is 85.2 Å². The van der Waals surface area contributed by atoms with Crippen molar-refractivity contribution in [1.29, 1.82) is 0 Å². The van der Waals surface area contributed by atoms with Crippen LogP contribution in [-0.2, 0) is 11.2 Å². The van der Waals surface area contributed by atoms with Crippen LogP contribution in [0.2, 0.25) is 0 Å². The van der Waals surface area contributed by atoms with E-state index in [4.69, 9.17) is 0 Å². The fourth-order valence-corrected chi connectivity index (χ4v) is 2.70. The normalized spacial score (nSPS) is 11.7. The Bertz CT molecular complexity index is 718. The lowest BCUT2D eigenvalue weighted by molar-refractivity contribution is -0.121. The zero-order valence-corrected chi connectivity index (χ0v) is 13.4. The second-order valence-corrected chi connectivity index (χ2v) is 5.68. The predicted octanol–water partition coefficient (Wildman–Crippen LogP) is 3.92. The summed E-state index contributed by atoms with van der Waals surface area (Å²) in [5, 5.41) is 3.15. The first-order valence-corrected chi connectivity index (χ1v) is 8.11. The number of hydrogen-bond acceptors (Lipinski definition) is 2. The Morgan fingerprint density at radius 2 is 1.42 bits per heavy atom. The van der Waals surface area contributed by atoms with Crippen molar-refractivity contribution in [2.24, 2.45) is 0 Å². The van der Waals surface area contributed by atoms with Crippen LogP contribution in [0.1, 0.15) is 29.2 Å². The third kappa shape index (κ3) is 4.29. The molecule has 1 atom stereocenters. The van der Waals surface area contributed by atoms with Crippen molar-refractivity contribution in [3.05, 3.63) is 102 Å². The molecular weight excluding hydrogens is 296 g/mol. The van der Waals surface area contributed by atoms with Crippen molar-refractivity contribution in [3.63, 3.8) is 0 Å². The summed E-state index contributed by atoms with van der Waals surface area (Å²) < 4.78 is 0. The predicted molar refractivity (Wildman–Crippen MR) is 95.4 cm³/mol. The first-order valence-electron chi connectivity index (χ1n) is 8.11. The van der Waals surface area contributed by atoms with Crippen LogP contribution in [0.4, 0.5) is 0 Å². The minimum absolute atomic E-state index is 0.0459. The summed E-state index contributed by atoms with van der Waals surface area (Å²) in [5.41, 5.74) is 3.27. The summed E-state index contributed by atoms with van der Waals surface area (Å²) in [6, 6.07) is 23.8. The molecule has 0 bridgehead atoms. The Hall–Kier alpha value is -2.94. The van der Waals surface area contributed by atoms with Crippen molar-refractivity contribution < 1.29 is 4.79 Å². The number of carbonyl (C=O) groups excluding carboxylic acids is 1. The molecule has 1 N–H and O–H groups in total. The van der Waals surface area contributed by atoms with Crippen LogP contribution in [0.3, 0.4) is 0 Å². The third-order valence-electron chi connectivity index (χ3n) is 3.96. The molecule has 0 saturated carbocycles. The quantitative estimate of drug-likeness (QED) is 0.749. The van der Waals surface area contributed by atoms with Gasteiger partial charge in [-0.15, -0.1) is 0 Å². The van der Waals surface area contributed by atoms with Gasteiger partial charge in [0.25, 0.3) is 0 Å². The molecule has 120 valence electrons. The molecular formula is C21H20N2O. The van der Waals surface area contributed by atoms with E-state index in [0.29, 0.717) is 6.42 Å². The van der Waals surface area contributed by atoms with E-state index in [1.54, 1.807) is 12.4 Å². The van der Waals surface area contributed by atoms with Gasteiger partial charge in [0, 0.05) is 18.8 Å². The Morgan fingerprint density at radius 3 is 2.08 bits per heavy atom. The molecule has 0 saturated heterocycles. The summed E-state index contributed by atoms with van der Waals surface area (Å²) in [5.74, 6) is 0.0459. The molecule has 24 heavy (non-hydrogen) atoms. The smallest absolute Gasteiger partial charge is 0.221 e. The van der Waals surface area contributed by atoms with Crippen LogP contribution >= 0.6 is 0 Å². The van der Waals surface area contributed by atoms with E-state index in [-0.39, 0.29) is 11.9 Å². The molecule has 0 fully saturated rings. The highest BCUT2D eigenvalue weighted by Crippen LogP contribution is 2.21. The van der Waals surface area contributed by atoms with Crippen molar-refractivity contribution in [2.75, 3.05) is 0 Å². The number of rotatable bonds is 6. The number of benzene rings is 2.